The lowest BCUT2D eigenvalue weighted by Crippen LogP contribution is -2.41. The largest absolute Gasteiger partial charge is 0.393 e. The standard InChI is InChI=1S/C13H22N2O2/c16-12-3-1-2-9(12)8-15-7-6-11(13(15)17)14-10-4-5-10/h9-12,14,16H,1-8H2. The first kappa shape index (κ1) is 11.5. The Morgan fingerprint density at radius 1 is 1.24 bits per heavy atom. The third-order valence-electron chi connectivity index (χ3n) is 4.39. The molecule has 0 bridgehead atoms. The van der Waals surface area contributed by atoms with Gasteiger partial charge in [-0.3, -0.25) is 4.79 Å². The highest BCUT2D eigenvalue weighted by Gasteiger charge is 2.37. The summed E-state index contributed by atoms with van der Waals surface area (Å²) < 4.78 is 0. The number of aliphatic hydroxyl groups is 1. The lowest BCUT2D eigenvalue weighted by Gasteiger charge is -2.23. The number of carbonyl (C=O) groups excluding carboxylic acids is 1. The number of nitrogens with one attached hydrogen (secondary N) is 1. The van der Waals surface area contributed by atoms with Crippen molar-refractivity contribution >= 4 is 5.91 Å². The Balaban J connectivity index is 1.52. The molecule has 4 nitrogen and oxygen atoms in total. The summed E-state index contributed by atoms with van der Waals surface area (Å²) in [7, 11) is 0. The number of likely N-dealkylation sites (tertiary alicyclic amines) is 1. The third-order valence-corrected chi connectivity index (χ3v) is 4.39. The molecule has 1 heterocycles. The fourth-order valence-corrected chi connectivity index (χ4v) is 3.12. The molecule has 3 unspecified atom stereocenters. The molecule has 1 amide bonds. The van der Waals surface area contributed by atoms with E-state index in [1.165, 1.54) is 12.8 Å². The highest BCUT2D eigenvalue weighted by atomic mass is 16.3. The zero-order chi connectivity index (χ0) is 11.8. The zero-order valence-corrected chi connectivity index (χ0v) is 10.3. The van der Waals surface area contributed by atoms with Crippen LogP contribution in [-0.2, 0) is 4.79 Å². The van der Waals surface area contributed by atoms with Gasteiger partial charge in [-0.15, -0.1) is 0 Å². The summed E-state index contributed by atoms with van der Waals surface area (Å²) in [4.78, 5) is 14.1. The van der Waals surface area contributed by atoms with E-state index < -0.39 is 0 Å². The lowest BCUT2D eigenvalue weighted by atomic mass is 10.1. The summed E-state index contributed by atoms with van der Waals surface area (Å²) >= 11 is 0. The summed E-state index contributed by atoms with van der Waals surface area (Å²) in [5.74, 6) is 0.578. The van der Waals surface area contributed by atoms with Gasteiger partial charge in [-0.2, -0.15) is 0 Å². The van der Waals surface area contributed by atoms with E-state index in [0.29, 0.717) is 12.0 Å². The summed E-state index contributed by atoms with van der Waals surface area (Å²) in [5, 5.41) is 13.2. The molecule has 17 heavy (non-hydrogen) atoms. The second-order valence-electron chi connectivity index (χ2n) is 5.82. The van der Waals surface area contributed by atoms with E-state index in [9.17, 15) is 9.90 Å². The number of nitrogens with zero attached hydrogens (tertiary/aromatic N) is 1. The van der Waals surface area contributed by atoms with Crippen molar-refractivity contribution in [2.24, 2.45) is 5.92 Å². The van der Waals surface area contributed by atoms with E-state index in [1.54, 1.807) is 0 Å². The summed E-state index contributed by atoms with van der Waals surface area (Å²) in [5.41, 5.74) is 0. The second kappa shape index (κ2) is 4.58. The van der Waals surface area contributed by atoms with Crippen LogP contribution < -0.4 is 5.32 Å². The summed E-state index contributed by atoms with van der Waals surface area (Å²) in [6, 6.07) is 0.655. The van der Waals surface area contributed by atoms with Crippen molar-refractivity contribution in [3.8, 4) is 0 Å². The van der Waals surface area contributed by atoms with Crippen LogP contribution in [0.3, 0.4) is 0 Å². The fraction of sp³-hybridized carbons (Fsp3) is 0.923. The Morgan fingerprint density at radius 2 is 2.06 bits per heavy atom. The van der Waals surface area contributed by atoms with Gasteiger partial charge in [0.25, 0.3) is 0 Å². The van der Waals surface area contributed by atoms with Gasteiger partial charge in [-0.1, -0.05) is 6.42 Å². The topological polar surface area (TPSA) is 52.6 Å². The second-order valence-corrected chi connectivity index (χ2v) is 5.82. The first-order chi connectivity index (χ1) is 8.24. The van der Waals surface area contributed by atoms with Crippen LogP contribution in [0.25, 0.3) is 0 Å². The van der Waals surface area contributed by atoms with Gasteiger partial charge < -0.3 is 15.3 Å². The van der Waals surface area contributed by atoms with E-state index in [2.05, 4.69) is 5.32 Å². The van der Waals surface area contributed by atoms with Gasteiger partial charge in [-0.25, -0.2) is 0 Å². The quantitative estimate of drug-likeness (QED) is 0.750. The minimum Gasteiger partial charge on any atom is -0.393 e. The molecule has 1 saturated heterocycles. The maximum atomic E-state index is 12.1. The molecule has 3 fully saturated rings. The van der Waals surface area contributed by atoms with Crippen LogP contribution >= 0.6 is 0 Å². The van der Waals surface area contributed by atoms with Gasteiger partial charge in [-0.05, 0) is 32.1 Å². The molecule has 3 aliphatic rings. The molecule has 96 valence electrons. The summed E-state index contributed by atoms with van der Waals surface area (Å²) in [6.07, 6.45) is 6.31. The number of hydrogen-bond acceptors (Lipinski definition) is 3. The molecular weight excluding hydrogens is 216 g/mol. The molecule has 0 aromatic carbocycles. The van der Waals surface area contributed by atoms with Crippen LogP contribution in [0.4, 0.5) is 0 Å². The Kier molecular flexibility index (Phi) is 3.09. The predicted octanol–water partition coefficient (Wildman–Crippen LogP) is 0.500. The van der Waals surface area contributed by atoms with Gasteiger partial charge >= 0.3 is 0 Å². The molecule has 3 atom stereocenters. The molecule has 0 aromatic rings. The monoisotopic (exact) mass is 238 g/mol. The van der Waals surface area contributed by atoms with Crippen molar-refractivity contribution in [2.75, 3.05) is 13.1 Å². The van der Waals surface area contributed by atoms with Gasteiger partial charge in [0.1, 0.15) is 0 Å². The van der Waals surface area contributed by atoms with E-state index in [-0.39, 0.29) is 18.1 Å². The molecule has 0 spiro atoms. The lowest BCUT2D eigenvalue weighted by molar-refractivity contribution is -0.130. The molecule has 1 aliphatic heterocycles. The fourth-order valence-electron chi connectivity index (χ4n) is 3.12. The van der Waals surface area contributed by atoms with Crippen LogP contribution in [0, 0.1) is 5.92 Å². The molecule has 3 rings (SSSR count). The average molecular weight is 238 g/mol. The van der Waals surface area contributed by atoms with Gasteiger partial charge in [0, 0.05) is 25.0 Å². The van der Waals surface area contributed by atoms with E-state index >= 15 is 0 Å². The Morgan fingerprint density at radius 3 is 2.71 bits per heavy atom. The van der Waals surface area contributed by atoms with Crippen molar-refractivity contribution in [1.29, 1.82) is 0 Å². The highest BCUT2D eigenvalue weighted by molar-refractivity contribution is 5.84. The number of aliphatic hydroxyl groups excluding tert-OH is 1. The number of amides is 1. The molecule has 2 saturated carbocycles. The van der Waals surface area contributed by atoms with E-state index in [4.69, 9.17) is 0 Å². The Bertz CT molecular complexity index is 304. The normalized spacial score (nSPS) is 38.1. The number of carbonyl (C=O) groups is 1. The van der Waals surface area contributed by atoms with Crippen LogP contribution in [-0.4, -0.2) is 47.2 Å². The molecule has 2 N–H and O–H groups in total. The molecule has 0 aromatic heterocycles. The molecule has 4 heteroatoms. The van der Waals surface area contributed by atoms with Crippen LogP contribution in [0.15, 0.2) is 0 Å². The van der Waals surface area contributed by atoms with Gasteiger partial charge in [0.05, 0.1) is 12.1 Å². The number of hydrogen-bond donors (Lipinski definition) is 2. The van der Waals surface area contributed by atoms with Crippen LogP contribution in [0.2, 0.25) is 0 Å². The Labute approximate surface area is 102 Å². The summed E-state index contributed by atoms with van der Waals surface area (Å²) in [6.45, 7) is 1.63. The zero-order valence-electron chi connectivity index (χ0n) is 10.3. The van der Waals surface area contributed by atoms with Crippen molar-refractivity contribution in [2.45, 2.75) is 56.7 Å². The predicted molar refractivity (Wildman–Crippen MR) is 64.5 cm³/mol. The third kappa shape index (κ3) is 2.47. The molecular formula is C13H22N2O2. The van der Waals surface area contributed by atoms with Crippen molar-refractivity contribution in [3.05, 3.63) is 0 Å². The van der Waals surface area contributed by atoms with Crippen LogP contribution in [0.5, 0.6) is 0 Å². The van der Waals surface area contributed by atoms with Crippen molar-refractivity contribution in [1.82, 2.24) is 10.2 Å². The maximum absolute atomic E-state index is 12.1. The smallest absolute Gasteiger partial charge is 0.239 e. The van der Waals surface area contributed by atoms with E-state index in [1.807, 2.05) is 4.90 Å². The first-order valence-electron chi connectivity index (χ1n) is 6.97. The number of rotatable bonds is 4. The van der Waals surface area contributed by atoms with E-state index in [0.717, 1.165) is 38.8 Å². The molecule has 2 aliphatic carbocycles. The van der Waals surface area contributed by atoms with Gasteiger partial charge in [0.15, 0.2) is 0 Å². The van der Waals surface area contributed by atoms with Crippen molar-refractivity contribution in [3.63, 3.8) is 0 Å². The Hall–Kier alpha value is -0.610. The van der Waals surface area contributed by atoms with Gasteiger partial charge in [0.2, 0.25) is 5.91 Å². The van der Waals surface area contributed by atoms with Crippen LogP contribution in [0.1, 0.15) is 38.5 Å². The van der Waals surface area contributed by atoms with Crippen molar-refractivity contribution < 1.29 is 9.90 Å². The first-order valence-corrected chi connectivity index (χ1v) is 6.97. The molecule has 0 radical (unpaired) electrons. The maximum Gasteiger partial charge on any atom is 0.239 e. The highest BCUT2D eigenvalue weighted by Crippen LogP contribution is 2.28. The minimum absolute atomic E-state index is 0.0565. The minimum atomic E-state index is -0.182. The SMILES string of the molecule is O=C1C(NC2CC2)CCN1CC1CCCC1O. The average Bonchev–Trinajstić information content (AvgIpc) is 2.96.